The number of hydrogen-bond acceptors (Lipinski definition) is 4. The molecule has 1 aliphatic heterocycles. The van der Waals surface area contributed by atoms with E-state index in [9.17, 15) is 14.7 Å². The van der Waals surface area contributed by atoms with Gasteiger partial charge >= 0.3 is 0 Å². The Morgan fingerprint density at radius 1 is 1.38 bits per heavy atom. The third kappa shape index (κ3) is 2.99. The second-order valence-electron chi connectivity index (χ2n) is 6.13. The molecule has 24 heavy (non-hydrogen) atoms. The smallest absolute Gasteiger partial charge is 0.250 e. The lowest BCUT2D eigenvalue weighted by Crippen LogP contribution is -2.37. The van der Waals surface area contributed by atoms with Crippen LogP contribution < -0.4 is 5.56 Å². The molecule has 3 rings (SSSR count). The van der Waals surface area contributed by atoms with Gasteiger partial charge < -0.3 is 14.6 Å². The van der Waals surface area contributed by atoms with Crippen molar-refractivity contribution in [1.29, 1.82) is 0 Å². The highest BCUT2D eigenvalue weighted by Gasteiger charge is 2.26. The summed E-state index contributed by atoms with van der Waals surface area (Å²) in [6.45, 7) is 3.24. The lowest BCUT2D eigenvalue weighted by molar-refractivity contribution is -0.132. The van der Waals surface area contributed by atoms with Crippen molar-refractivity contribution in [1.82, 2.24) is 19.2 Å². The van der Waals surface area contributed by atoms with Gasteiger partial charge in [0, 0.05) is 62.5 Å². The van der Waals surface area contributed by atoms with Crippen LogP contribution in [0.1, 0.15) is 29.1 Å². The van der Waals surface area contributed by atoms with E-state index in [2.05, 4.69) is 5.10 Å². The predicted molar refractivity (Wildman–Crippen MR) is 88.3 cm³/mol. The summed E-state index contributed by atoms with van der Waals surface area (Å²) >= 11 is 0. The lowest BCUT2D eigenvalue weighted by Gasteiger charge is -2.28. The number of pyridine rings is 1. The van der Waals surface area contributed by atoms with Crippen molar-refractivity contribution >= 4 is 5.91 Å². The van der Waals surface area contributed by atoms with Gasteiger partial charge in [-0.2, -0.15) is 5.10 Å². The molecular formula is C17H22N4O3. The molecule has 0 saturated carbocycles. The summed E-state index contributed by atoms with van der Waals surface area (Å²) in [6, 6.07) is 5.09. The van der Waals surface area contributed by atoms with Crippen LogP contribution in [-0.2, 0) is 38.0 Å². The van der Waals surface area contributed by atoms with Crippen molar-refractivity contribution in [3.8, 4) is 0 Å². The molecule has 0 radical (unpaired) electrons. The van der Waals surface area contributed by atoms with Gasteiger partial charge in [-0.3, -0.25) is 14.3 Å². The summed E-state index contributed by atoms with van der Waals surface area (Å²) in [4.78, 5) is 26.2. The van der Waals surface area contributed by atoms with Crippen molar-refractivity contribution in [2.45, 2.75) is 39.5 Å². The van der Waals surface area contributed by atoms with Crippen molar-refractivity contribution in [3.05, 3.63) is 51.2 Å². The highest BCUT2D eigenvalue weighted by Crippen LogP contribution is 2.22. The SMILES string of the molecule is Cc1cccc(=O)n1CCC(=O)N1CCc2c(c(CO)nn2C)C1. The van der Waals surface area contributed by atoms with E-state index in [4.69, 9.17) is 0 Å². The number of aliphatic hydroxyl groups is 1. The average Bonchev–Trinajstić information content (AvgIpc) is 2.90. The number of aryl methyl sites for hydroxylation is 2. The highest BCUT2D eigenvalue weighted by atomic mass is 16.3. The van der Waals surface area contributed by atoms with Crippen LogP contribution in [-0.4, -0.2) is 36.8 Å². The number of aliphatic hydroxyl groups excluding tert-OH is 1. The third-order valence-corrected chi connectivity index (χ3v) is 4.65. The average molecular weight is 330 g/mol. The number of carbonyl (C=O) groups is 1. The van der Waals surface area contributed by atoms with Crippen LogP contribution >= 0.6 is 0 Å². The van der Waals surface area contributed by atoms with E-state index in [-0.39, 0.29) is 24.5 Å². The fraction of sp³-hybridized carbons (Fsp3) is 0.471. The number of hydrogen-bond donors (Lipinski definition) is 1. The minimum atomic E-state index is -0.121. The Morgan fingerprint density at radius 2 is 2.17 bits per heavy atom. The van der Waals surface area contributed by atoms with Gasteiger partial charge in [-0.15, -0.1) is 0 Å². The summed E-state index contributed by atoms with van der Waals surface area (Å²) in [6.07, 6.45) is 1.02. The molecule has 1 amide bonds. The minimum absolute atomic E-state index is 0.0172. The molecule has 7 heteroatoms. The zero-order valence-corrected chi connectivity index (χ0v) is 14.0. The van der Waals surface area contributed by atoms with E-state index in [1.807, 2.05) is 20.0 Å². The topological polar surface area (TPSA) is 80.4 Å². The third-order valence-electron chi connectivity index (χ3n) is 4.65. The number of fused-ring (bicyclic) bond motifs is 1. The Hall–Kier alpha value is -2.41. The summed E-state index contributed by atoms with van der Waals surface area (Å²) < 4.78 is 3.41. The van der Waals surface area contributed by atoms with Crippen LogP contribution in [0.2, 0.25) is 0 Å². The van der Waals surface area contributed by atoms with Gasteiger partial charge in [0.05, 0.1) is 12.3 Å². The first-order chi connectivity index (χ1) is 11.5. The maximum Gasteiger partial charge on any atom is 0.250 e. The molecular weight excluding hydrogens is 308 g/mol. The molecule has 1 N–H and O–H groups in total. The molecule has 0 spiro atoms. The van der Waals surface area contributed by atoms with Crippen molar-refractivity contribution in [2.75, 3.05) is 6.54 Å². The van der Waals surface area contributed by atoms with Crippen molar-refractivity contribution in [2.24, 2.45) is 7.05 Å². The van der Waals surface area contributed by atoms with E-state index in [1.54, 1.807) is 20.2 Å². The maximum atomic E-state index is 12.5. The summed E-state index contributed by atoms with van der Waals surface area (Å²) in [5, 5.41) is 13.7. The summed E-state index contributed by atoms with van der Waals surface area (Å²) in [5.74, 6) is 0.0172. The molecule has 0 aromatic carbocycles. The minimum Gasteiger partial charge on any atom is -0.390 e. The zero-order valence-electron chi connectivity index (χ0n) is 14.0. The van der Waals surface area contributed by atoms with E-state index in [0.29, 0.717) is 25.3 Å². The highest BCUT2D eigenvalue weighted by molar-refractivity contribution is 5.76. The molecule has 0 fully saturated rings. The molecule has 3 heterocycles. The molecule has 2 aromatic heterocycles. The number of nitrogens with zero attached hydrogens (tertiary/aromatic N) is 4. The maximum absolute atomic E-state index is 12.5. The largest absolute Gasteiger partial charge is 0.390 e. The Bertz CT molecular complexity index is 822. The Morgan fingerprint density at radius 3 is 2.88 bits per heavy atom. The second-order valence-corrected chi connectivity index (χ2v) is 6.13. The van der Waals surface area contributed by atoms with E-state index in [1.165, 1.54) is 6.07 Å². The Balaban J connectivity index is 1.69. The Kier molecular flexibility index (Phi) is 4.53. The van der Waals surface area contributed by atoms with Crippen molar-refractivity contribution in [3.63, 3.8) is 0 Å². The van der Waals surface area contributed by atoms with Crippen LogP contribution in [0.15, 0.2) is 23.0 Å². The molecule has 128 valence electrons. The lowest BCUT2D eigenvalue weighted by atomic mass is 10.0. The predicted octanol–water partition coefficient (Wildman–Crippen LogP) is 0.358. The number of rotatable bonds is 4. The molecule has 0 unspecified atom stereocenters. The Labute approximate surface area is 140 Å². The molecule has 0 aliphatic carbocycles. The van der Waals surface area contributed by atoms with Gasteiger partial charge in [-0.25, -0.2) is 0 Å². The molecule has 0 atom stereocenters. The van der Waals surface area contributed by atoms with Crippen molar-refractivity contribution < 1.29 is 9.90 Å². The number of carbonyl (C=O) groups excluding carboxylic acids is 1. The standard InChI is InChI=1S/C17H22N4O3/c1-12-4-3-5-17(24)21(12)9-7-16(23)20-8-6-15-13(10-20)14(11-22)18-19(15)2/h3-5,22H,6-11H2,1-2H3. The van der Waals surface area contributed by atoms with Crippen LogP contribution in [0, 0.1) is 6.92 Å². The first kappa shape index (κ1) is 16.4. The summed E-state index contributed by atoms with van der Waals surface area (Å²) in [7, 11) is 1.86. The van der Waals surface area contributed by atoms with Crippen LogP contribution in [0.5, 0.6) is 0 Å². The van der Waals surface area contributed by atoms with Gasteiger partial charge in [-0.05, 0) is 13.0 Å². The van der Waals surface area contributed by atoms with Crippen LogP contribution in [0.25, 0.3) is 0 Å². The molecule has 0 bridgehead atoms. The van der Waals surface area contributed by atoms with E-state index >= 15 is 0 Å². The molecule has 2 aromatic rings. The van der Waals surface area contributed by atoms with Crippen LogP contribution in [0.3, 0.4) is 0 Å². The molecule has 1 aliphatic rings. The summed E-state index contributed by atoms with van der Waals surface area (Å²) in [5.41, 5.74) is 3.44. The normalized spacial score (nSPS) is 13.9. The zero-order chi connectivity index (χ0) is 17.3. The second kappa shape index (κ2) is 6.60. The fourth-order valence-corrected chi connectivity index (χ4v) is 3.29. The van der Waals surface area contributed by atoms with E-state index < -0.39 is 0 Å². The monoisotopic (exact) mass is 330 g/mol. The first-order valence-electron chi connectivity index (χ1n) is 8.10. The molecule has 0 saturated heterocycles. The molecule has 7 nitrogen and oxygen atoms in total. The first-order valence-corrected chi connectivity index (χ1v) is 8.10. The van der Waals surface area contributed by atoms with Gasteiger partial charge in [0.25, 0.3) is 5.56 Å². The number of amides is 1. The van der Waals surface area contributed by atoms with Gasteiger partial charge in [0.15, 0.2) is 0 Å². The van der Waals surface area contributed by atoms with E-state index in [0.717, 1.165) is 23.4 Å². The van der Waals surface area contributed by atoms with Gasteiger partial charge in [0.2, 0.25) is 5.91 Å². The van der Waals surface area contributed by atoms with Crippen LogP contribution in [0.4, 0.5) is 0 Å². The quantitative estimate of drug-likeness (QED) is 0.878. The fourth-order valence-electron chi connectivity index (χ4n) is 3.29. The van der Waals surface area contributed by atoms with Gasteiger partial charge in [0.1, 0.15) is 0 Å². The van der Waals surface area contributed by atoms with Gasteiger partial charge in [-0.1, -0.05) is 6.07 Å². The number of aromatic nitrogens is 3.